The van der Waals surface area contributed by atoms with Gasteiger partial charge in [-0.05, 0) is 31.4 Å². The van der Waals surface area contributed by atoms with E-state index in [0.717, 1.165) is 28.1 Å². The molecular formula is C17H19N3O3S. The van der Waals surface area contributed by atoms with Crippen LogP contribution in [0.4, 0.5) is 0 Å². The molecule has 24 heavy (non-hydrogen) atoms. The maximum Gasteiger partial charge on any atom is 0.225 e. The molecule has 0 aliphatic heterocycles. The fourth-order valence-corrected chi connectivity index (χ4v) is 3.43. The van der Waals surface area contributed by atoms with Gasteiger partial charge in [0.1, 0.15) is 11.2 Å². The number of carbonyl (C=O) groups excluding carboxylic acids is 1. The van der Waals surface area contributed by atoms with Gasteiger partial charge in [-0.25, -0.2) is 9.97 Å². The lowest BCUT2D eigenvalue weighted by molar-refractivity contribution is 0.0918. The normalized spacial score (nSPS) is 11.1. The number of fused-ring (bicyclic) bond motifs is 1. The van der Waals surface area contributed by atoms with E-state index in [2.05, 4.69) is 14.5 Å². The first-order chi connectivity index (χ1) is 11.6. The topological polar surface area (TPSA) is 66.2 Å². The van der Waals surface area contributed by atoms with Gasteiger partial charge in [-0.1, -0.05) is 0 Å². The van der Waals surface area contributed by atoms with Crippen molar-refractivity contribution >= 4 is 27.3 Å². The van der Waals surface area contributed by atoms with Crippen LogP contribution in [0.5, 0.6) is 5.88 Å². The molecule has 6 nitrogen and oxygen atoms in total. The van der Waals surface area contributed by atoms with Gasteiger partial charge in [0.05, 0.1) is 12.0 Å². The molecule has 0 N–H and O–H groups in total. The molecule has 0 aromatic carbocycles. The first-order valence-electron chi connectivity index (χ1n) is 7.61. The molecule has 126 valence electrons. The summed E-state index contributed by atoms with van der Waals surface area (Å²) in [6, 6.07) is 3.80. The van der Waals surface area contributed by atoms with Crippen LogP contribution < -0.4 is 4.74 Å². The van der Waals surface area contributed by atoms with E-state index in [0.29, 0.717) is 18.1 Å². The van der Waals surface area contributed by atoms with Crippen molar-refractivity contribution in [3.05, 3.63) is 40.8 Å². The Bertz CT molecular complexity index is 869. The molecule has 0 spiro atoms. The number of methoxy groups -OCH3 is 1. The van der Waals surface area contributed by atoms with Gasteiger partial charge in [0, 0.05) is 30.6 Å². The minimum absolute atomic E-state index is 0.0451. The summed E-state index contributed by atoms with van der Waals surface area (Å²) in [5.74, 6) is 0.386. The lowest BCUT2D eigenvalue weighted by Crippen LogP contribution is -2.14. The Kier molecular flexibility index (Phi) is 4.92. The second kappa shape index (κ2) is 7.11. The van der Waals surface area contributed by atoms with Crippen LogP contribution in [0.15, 0.2) is 23.8 Å². The van der Waals surface area contributed by atoms with Gasteiger partial charge >= 0.3 is 0 Å². The molecule has 0 aliphatic carbocycles. The van der Waals surface area contributed by atoms with Gasteiger partial charge in [0.15, 0.2) is 6.61 Å². The zero-order valence-corrected chi connectivity index (χ0v) is 14.7. The summed E-state index contributed by atoms with van der Waals surface area (Å²) in [6.07, 6.45) is 1.45. The van der Waals surface area contributed by atoms with Crippen molar-refractivity contribution in [2.75, 3.05) is 20.3 Å². The lowest BCUT2D eigenvalue weighted by Gasteiger charge is -2.09. The van der Waals surface area contributed by atoms with Crippen molar-refractivity contribution in [1.82, 2.24) is 14.5 Å². The van der Waals surface area contributed by atoms with Crippen molar-refractivity contribution in [2.45, 2.75) is 20.4 Å². The summed E-state index contributed by atoms with van der Waals surface area (Å²) < 4.78 is 12.9. The van der Waals surface area contributed by atoms with Gasteiger partial charge in [-0.3, -0.25) is 4.79 Å². The van der Waals surface area contributed by atoms with Gasteiger partial charge in [0.2, 0.25) is 11.7 Å². The molecule has 0 fully saturated rings. The van der Waals surface area contributed by atoms with Crippen LogP contribution in [0, 0.1) is 13.8 Å². The number of carbonyl (C=O) groups is 1. The minimum atomic E-state index is -0.0613. The third kappa shape index (κ3) is 3.18. The Morgan fingerprint density at radius 2 is 2.17 bits per heavy atom. The van der Waals surface area contributed by atoms with Crippen LogP contribution in [0.3, 0.4) is 0 Å². The van der Waals surface area contributed by atoms with E-state index in [1.165, 1.54) is 17.7 Å². The molecule has 0 aliphatic rings. The number of aryl methyl sites for hydroxylation is 1. The first-order valence-corrected chi connectivity index (χ1v) is 8.49. The zero-order chi connectivity index (χ0) is 17.1. The number of hydrogen-bond donors (Lipinski definition) is 0. The number of rotatable bonds is 7. The summed E-state index contributed by atoms with van der Waals surface area (Å²) in [4.78, 5) is 21.7. The van der Waals surface area contributed by atoms with Gasteiger partial charge in [-0.15, -0.1) is 11.3 Å². The maximum atomic E-state index is 12.5. The monoisotopic (exact) mass is 345 g/mol. The van der Waals surface area contributed by atoms with E-state index in [1.54, 1.807) is 7.11 Å². The largest absolute Gasteiger partial charge is 0.469 e. The number of thiophene rings is 1. The predicted octanol–water partition coefficient (Wildman–Crippen LogP) is 3.02. The van der Waals surface area contributed by atoms with Crippen molar-refractivity contribution in [1.29, 1.82) is 0 Å². The van der Waals surface area contributed by atoms with Crippen LogP contribution in [-0.4, -0.2) is 40.6 Å². The van der Waals surface area contributed by atoms with Gasteiger partial charge < -0.3 is 14.0 Å². The molecule has 0 radical (unpaired) electrons. The molecule has 3 aromatic rings. The summed E-state index contributed by atoms with van der Waals surface area (Å²) in [7, 11) is 1.67. The number of nitrogens with zero attached hydrogens (tertiary/aromatic N) is 3. The minimum Gasteiger partial charge on any atom is -0.469 e. The zero-order valence-electron chi connectivity index (χ0n) is 13.9. The lowest BCUT2D eigenvalue weighted by atomic mass is 10.1. The highest BCUT2D eigenvalue weighted by Gasteiger charge is 2.17. The molecule has 3 aromatic heterocycles. The highest BCUT2D eigenvalue weighted by molar-refractivity contribution is 7.16. The smallest absolute Gasteiger partial charge is 0.225 e. The van der Waals surface area contributed by atoms with Crippen molar-refractivity contribution in [3.8, 4) is 5.88 Å². The van der Waals surface area contributed by atoms with E-state index in [4.69, 9.17) is 9.47 Å². The Hall–Kier alpha value is -2.25. The van der Waals surface area contributed by atoms with Gasteiger partial charge in [0.25, 0.3) is 0 Å². The standard InChI is InChI=1S/C17H19N3O3S/c1-11-8-14(12(2)20(11)5-6-22-3)15(21)9-23-16-13-4-7-24-17(13)19-10-18-16/h4,7-8,10H,5-6,9H2,1-3H3. The van der Waals surface area contributed by atoms with Crippen LogP contribution in [0.1, 0.15) is 21.7 Å². The molecule has 7 heteroatoms. The average molecular weight is 345 g/mol. The maximum absolute atomic E-state index is 12.5. The van der Waals surface area contributed by atoms with Crippen LogP contribution >= 0.6 is 11.3 Å². The fraction of sp³-hybridized carbons (Fsp3) is 0.353. The average Bonchev–Trinajstić information content (AvgIpc) is 3.16. The summed E-state index contributed by atoms with van der Waals surface area (Å²) in [5, 5.41) is 2.76. The Balaban J connectivity index is 1.75. The Labute approximate surface area is 144 Å². The Morgan fingerprint density at radius 3 is 2.96 bits per heavy atom. The summed E-state index contributed by atoms with van der Waals surface area (Å²) in [5.41, 5.74) is 2.65. The van der Waals surface area contributed by atoms with Crippen LogP contribution in [0.2, 0.25) is 0 Å². The second-order valence-electron chi connectivity index (χ2n) is 5.46. The Morgan fingerprint density at radius 1 is 1.33 bits per heavy atom. The van der Waals surface area contributed by atoms with Crippen molar-refractivity contribution < 1.29 is 14.3 Å². The molecule has 0 saturated carbocycles. The van der Waals surface area contributed by atoms with Gasteiger partial charge in [-0.2, -0.15) is 0 Å². The van der Waals surface area contributed by atoms with Crippen molar-refractivity contribution in [3.63, 3.8) is 0 Å². The third-order valence-electron chi connectivity index (χ3n) is 3.96. The number of aromatic nitrogens is 3. The first kappa shape index (κ1) is 16.6. The fourth-order valence-electron chi connectivity index (χ4n) is 2.70. The summed E-state index contributed by atoms with van der Waals surface area (Å²) in [6.45, 7) is 5.22. The number of ketones is 1. The molecule has 0 unspecified atom stereocenters. The highest BCUT2D eigenvalue weighted by Crippen LogP contribution is 2.25. The molecular weight excluding hydrogens is 326 g/mol. The molecule has 0 amide bonds. The molecule has 0 bridgehead atoms. The highest BCUT2D eigenvalue weighted by atomic mass is 32.1. The quantitative estimate of drug-likeness (QED) is 0.616. The van der Waals surface area contributed by atoms with E-state index in [1.807, 2.05) is 31.4 Å². The molecule has 3 heterocycles. The van der Waals surface area contributed by atoms with E-state index < -0.39 is 0 Å². The predicted molar refractivity (Wildman–Crippen MR) is 93.0 cm³/mol. The van der Waals surface area contributed by atoms with Crippen LogP contribution in [0.25, 0.3) is 10.2 Å². The van der Waals surface area contributed by atoms with Crippen molar-refractivity contribution in [2.24, 2.45) is 0 Å². The third-order valence-corrected chi connectivity index (χ3v) is 4.78. The molecule has 0 atom stereocenters. The second-order valence-corrected chi connectivity index (χ2v) is 6.35. The molecule has 0 saturated heterocycles. The van der Waals surface area contributed by atoms with Crippen LogP contribution in [-0.2, 0) is 11.3 Å². The van der Waals surface area contributed by atoms with E-state index in [-0.39, 0.29) is 12.4 Å². The van der Waals surface area contributed by atoms with E-state index in [9.17, 15) is 4.79 Å². The SMILES string of the molecule is COCCn1c(C)cc(C(=O)COc2ncnc3sccc23)c1C. The number of Topliss-reactive ketones (excluding diaryl/α,β-unsaturated/α-hetero) is 1. The molecule has 3 rings (SSSR count). The van der Waals surface area contributed by atoms with E-state index >= 15 is 0 Å². The number of ether oxygens (including phenoxy) is 2. The summed E-state index contributed by atoms with van der Waals surface area (Å²) >= 11 is 1.52. The number of hydrogen-bond acceptors (Lipinski definition) is 6.